The number of hydrogen-bond donors (Lipinski definition) is 1. The maximum absolute atomic E-state index is 3.64. The van der Waals surface area contributed by atoms with E-state index >= 15 is 0 Å². The quantitative estimate of drug-likeness (QED) is 0.558. The van der Waals surface area contributed by atoms with Crippen LogP contribution in [0.2, 0.25) is 0 Å². The van der Waals surface area contributed by atoms with Crippen molar-refractivity contribution in [1.82, 2.24) is 5.32 Å². The zero-order chi connectivity index (χ0) is 6.32. The van der Waals surface area contributed by atoms with Crippen molar-refractivity contribution in [3.8, 4) is 0 Å². The van der Waals surface area contributed by atoms with Gasteiger partial charge in [-0.2, -0.15) is 0 Å². The molecule has 0 aromatic heterocycles. The van der Waals surface area contributed by atoms with E-state index in [0.29, 0.717) is 5.54 Å². The lowest BCUT2D eigenvalue weighted by molar-refractivity contribution is 0.561. The molecule has 2 aliphatic rings. The zero-order valence-corrected chi connectivity index (χ0v) is 5.98. The first-order chi connectivity index (χ1) is 4.35. The highest BCUT2D eigenvalue weighted by Crippen LogP contribution is 2.44. The Morgan fingerprint density at radius 3 is 2.56 bits per heavy atom. The van der Waals surface area contributed by atoms with Crippen molar-refractivity contribution in [3.63, 3.8) is 0 Å². The van der Waals surface area contributed by atoms with E-state index in [2.05, 4.69) is 18.7 Å². The normalized spacial score (nSPS) is 37.7. The Morgan fingerprint density at radius 1 is 1.44 bits per heavy atom. The molecule has 0 bridgehead atoms. The van der Waals surface area contributed by atoms with Gasteiger partial charge in [0.15, 0.2) is 0 Å². The molecule has 0 amide bonds. The molecule has 1 atom stereocenters. The summed E-state index contributed by atoms with van der Waals surface area (Å²) >= 11 is 0. The van der Waals surface area contributed by atoms with Gasteiger partial charge < -0.3 is 5.32 Å². The van der Waals surface area contributed by atoms with E-state index in [1.165, 1.54) is 25.7 Å². The predicted octanol–water partition coefficient (Wildman–Crippen LogP) is 1.50. The average molecular weight is 124 g/mol. The summed E-state index contributed by atoms with van der Waals surface area (Å²) in [6, 6.07) is 0.729. The minimum Gasteiger partial charge on any atom is -0.308 e. The fraction of sp³-hybridized carbons (Fsp3) is 0.875. The lowest BCUT2D eigenvalue weighted by atomic mass is 10.1. The van der Waals surface area contributed by atoms with Crippen LogP contribution in [0.25, 0.3) is 0 Å². The highest BCUT2D eigenvalue weighted by Gasteiger charge is 2.47. The molecule has 9 heavy (non-hydrogen) atoms. The van der Waals surface area contributed by atoms with Gasteiger partial charge in [0.05, 0.1) is 0 Å². The summed E-state index contributed by atoms with van der Waals surface area (Å²) in [7, 11) is 0. The summed E-state index contributed by atoms with van der Waals surface area (Å²) in [5, 5.41) is 3.64. The van der Waals surface area contributed by atoms with Crippen LogP contribution in [0.5, 0.6) is 0 Å². The summed E-state index contributed by atoms with van der Waals surface area (Å²) in [6.07, 6.45) is 7.93. The molecule has 1 nitrogen and oxygen atoms in total. The van der Waals surface area contributed by atoms with Crippen molar-refractivity contribution in [3.05, 3.63) is 6.42 Å². The maximum atomic E-state index is 3.64. The molecule has 1 N–H and O–H groups in total. The van der Waals surface area contributed by atoms with Crippen LogP contribution in [0.15, 0.2) is 0 Å². The molecule has 1 heterocycles. The van der Waals surface area contributed by atoms with Crippen LogP contribution in [0.3, 0.4) is 0 Å². The monoisotopic (exact) mass is 124 g/mol. The summed E-state index contributed by atoms with van der Waals surface area (Å²) in [4.78, 5) is 0. The zero-order valence-electron chi connectivity index (χ0n) is 5.98. The highest BCUT2D eigenvalue weighted by molar-refractivity contribution is 5.10. The molecular formula is C8H14N. The third-order valence-electron chi connectivity index (χ3n) is 2.68. The summed E-state index contributed by atoms with van der Waals surface area (Å²) in [5.74, 6) is 0. The molecule has 2 rings (SSSR count). The van der Waals surface area contributed by atoms with Crippen LogP contribution < -0.4 is 5.32 Å². The molecule has 0 aromatic rings. The Balaban J connectivity index is 1.93. The molecule has 0 aromatic carbocycles. The van der Waals surface area contributed by atoms with E-state index in [4.69, 9.17) is 0 Å². The molecule has 1 heteroatoms. The van der Waals surface area contributed by atoms with E-state index in [9.17, 15) is 0 Å². The SMILES string of the molecule is C[CH]C1CCC2(CC2)N1. The van der Waals surface area contributed by atoms with Crippen molar-refractivity contribution >= 4 is 0 Å². The van der Waals surface area contributed by atoms with Crippen LogP contribution in [-0.4, -0.2) is 11.6 Å². The highest BCUT2D eigenvalue weighted by atomic mass is 15.1. The molecule has 1 saturated carbocycles. The second-order valence-electron chi connectivity index (χ2n) is 3.40. The van der Waals surface area contributed by atoms with Gasteiger partial charge in [0.1, 0.15) is 0 Å². The second-order valence-corrected chi connectivity index (χ2v) is 3.40. The van der Waals surface area contributed by atoms with Crippen LogP contribution >= 0.6 is 0 Å². The lowest BCUT2D eigenvalue weighted by Crippen LogP contribution is -2.30. The largest absolute Gasteiger partial charge is 0.308 e. The number of rotatable bonds is 1. The standard InChI is InChI=1S/C8H14N/c1-2-7-3-4-8(9-7)5-6-8/h2,7,9H,3-6H2,1H3. The van der Waals surface area contributed by atoms with Gasteiger partial charge in [0.25, 0.3) is 0 Å². The van der Waals surface area contributed by atoms with Crippen LogP contribution in [-0.2, 0) is 0 Å². The van der Waals surface area contributed by atoms with Crippen molar-refractivity contribution in [2.45, 2.75) is 44.2 Å². The van der Waals surface area contributed by atoms with Gasteiger partial charge in [0.2, 0.25) is 0 Å². The molecule has 2 fully saturated rings. The first-order valence-corrected chi connectivity index (χ1v) is 3.92. The second kappa shape index (κ2) is 1.72. The first-order valence-electron chi connectivity index (χ1n) is 3.92. The maximum Gasteiger partial charge on any atom is 0.0186 e. The minimum atomic E-state index is 0.636. The third-order valence-corrected chi connectivity index (χ3v) is 2.68. The lowest BCUT2D eigenvalue weighted by Gasteiger charge is -2.08. The van der Waals surface area contributed by atoms with Gasteiger partial charge in [-0.05, 0) is 32.1 Å². The Kier molecular flexibility index (Phi) is 1.10. The molecule has 1 aliphatic carbocycles. The predicted molar refractivity (Wildman–Crippen MR) is 38.1 cm³/mol. The topological polar surface area (TPSA) is 12.0 Å². The minimum absolute atomic E-state index is 0.636. The molecule has 1 radical (unpaired) electrons. The summed E-state index contributed by atoms with van der Waals surface area (Å²) in [5.41, 5.74) is 0.636. The molecule has 1 saturated heterocycles. The van der Waals surface area contributed by atoms with Gasteiger partial charge in [-0.25, -0.2) is 0 Å². The van der Waals surface area contributed by atoms with Gasteiger partial charge in [-0.3, -0.25) is 0 Å². The summed E-state index contributed by atoms with van der Waals surface area (Å²) in [6.45, 7) is 2.15. The van der Waals surface area contributed by atoms with Crippen LogP contribution in [0, 0.1) is 6.42 Å². The van der Waals surface area contributed by atoms with E-state index in [0.717, 1.165) is 6.04 Å². The molecular weight excluding hydrogens is 110 g/mol. The Morgan fingerprint density at radius 2 is 2.22 bits per heavy atom. The molecule has 1 aliphatic heterocycles. The van der Waals surface area contributed by atoms with Gasteiger partial charge >= 0.3 is 0 Å². The van der Waals surface area contributed by atoms with Gasteiger partial charge in [-0.15, -0.1) is 0 Å². The van der Waals surface area contributed by atoms with Crippen molar-refractivity contribution in [1.29, 1.82) is 0 Å². The van der Waals surface area contributed by atoms with Crippen molar-refractivity contribution in [2.75, 3.05) is 0 Å². The van der Waals surface area contributed by atoms with E-state index < -0.39 is 0 Å². The number of nitrogens with one attached hydrogen (secondary N) is 1. The van der Waals surface area contributed by atoms with Crippen LogP contribution in [0.1, 0.15) is 32.6 Å². The Labute approximate surface area is 56.8 Å². The molecule has 51 valence electrons. The number of hydrogen-bond acceptors (Lipinski definition) is 1. The van der Waals surface area contributed by atoms with Gasteiger partial charge in [0, 0.05) is 11.6 Å². The smallest absolute Gasteiger partial charge is 0.0186 e. The van der Waals surface area contributed by atoms with Crippen LogP contribution in [0.4, 0.5) is 0 Å². The average Bonchev–Trinajstić information content (AvgIpc) is 2.44. The third kappa shape index (κ3) is 0.877. The van der Waals surface area contributed by atoms with Gasteiger partial charge in [-0.1, -0.05) is 6.92 Å². The Bertz CT molecular complexity index is 116. The fourth-order valence-electron chi connectivity index (χ4n) is 1.76. The van der Waals surface area contributed by atoms with E-state index in [-0.39, 0.29) is 0 Å². The van der Waals surface area contributed by atoms with Crippen molar-refractivity contribution < 1.29 is 0 Å². The molecule has 1 spiro atoms. The van der Waals surface area contributed by atoms with E-state index in [1.807, 2.05) is 0 Å². The first kappa shape index (κ1) is 5.72. The van der Waals surface area contributed by atoms with E-state index in [1.54, 1.807) is 0 Å². The molecule has 1 unspecified atom stereocenters. The summed E-state index contributed by atoms with van der Waals surface area (Å²) < 4.78 is 0. The fourth-order valence-corrected chi connectivity index (χ4v) is 1.76. The Hall–Kier alpha value is -0.0400. The van der Waals surface area contributed by atoms with Crippen molar-refractivity contribution in [2.24, 2.45) is 0 Å².